The van der Waals surface area contributed by atoms with Crippen LogP contribution < -0.4 is 5.32 Å². The number of carbonyl (C=O) groups is 2. The molecule has 1 fully saturated rings. The molecule has 0 aromatic heterocycles. The molecule has 0 radical (unpaired) electrons. The molecule has 0 bridgehead atoms. The van der Waals surface area contributed by atoms with Gasteiger partial charge < -0.3 is 10.4 Å². The van der Waals surface area contributed by atoms with E-state index in [-0.39, 0.29) is 17.9 Å². The lowest BCUT2D eigenvalue weighted by atomic mass is 9.86. The highest BCUT2D eigenvalue weighted by Crippen LogP contribution is 2.26. The Bertz CT molecular complexity index is 527. The van der Waals surface area contributed by atoms with Crippen LogP contribution in [0.3, 0.4) is 0 Å². The Balaban J connectivity index is 1.94. The van der Waals surface area contributed by atoms with E-state index in [2.05, 4.69) is 21.2 Å². The number of halogens is 2. The van der Waals surface area contributed by atoms with Crippen molar-refractivity contribution < 1.29 is 14.7 Å². The molecule has 0 aliphatic heterocycles. The number of carboxylic acids is 1. The lowest BCUT2D eigenvalue weighted by Crippen LogP contribution is -2.38. The highest BCUT2D eigenvalue weighted by Gasteiger charge is 2.27. The second-order valence-electron chi connectivity index (χ2n) is 4.98. The van der Waals surface area contributed by atoms with Crippen LogP contribution in [-0.4, -0.2) is 23.0 Å². The Hall–Kier alpha value is -1.07. The lowest BCUT2D eigenvalue weighted by Gasteiger charge is -2.27. The van der Waals surface area contributed by atoms with Gasteiger partial charge in [-0.1, -0.05) is 11.6 Å². The topological polar surface area (TPSA) is 66.4 Å². The first-order valence-corrected chi connectivity index (χ1v) is 7.63. The maximum atomic E-state index is 12.2. The highest BCUT2D eigenvalue weighted by molar-refractivity contribution is 9.10. The molecular weight excluding hydrogens is 346 g/mol. The zero-order valence-electron chi connectivity index (χ0n) is 10.7. The van der Waals surface area contributed by atoms with E-state index in [1.165, 1.54) is 0 Å². The average Bonchev–Trinajstić information content (AvgIpc) is 2.39. The summed E-state index contributed by atoms with van der Waals surface area (Å²) in [6, 6.07) is 5.06. The van der Waals surface area contributed by atoms with E-state index in [0.717, 1.165) is 0 Å². The lowest BCUT2D eigenvalue weighted by molar-refractivity contribution is -0.142. The summed E-state index contributed by atoms with van der Waals surface area (Å²) in [5.41, 5.74) is 0.537. The van der Waals surface area contributed by atoms with Crippen LogP contribution >= 0.6 is 27.5 Å². The Kier molecular flexibility index (Phi) is 5.05. The van der Waals surface area contributed by atoms with E-state index >= 15 is 0 Å². The van der Waals surface area contributed by atoms with Crippen LogP contribution in [0.4, 0.5) is 0 Å². The fourth-order valence-corrected chi connectivity index (χ4v) is 3.28. The Morgan fingerprint density at radius 2 is 1.90 bits per heavy atom. The summed E-state index contributed by atoms with van der Waals surface area (Å²) in [7, 11) is 0. The minimum absolute atomic E-state index is 0.0423. The number of nitrogens with one attached hydrogen (secondary N) is 1. The van der Waals surface area contributed by atoms with Gasteiger partial charge in [-0.05, 0) is 59.8 Å². The fraction of sp³-hybridized carbons (Fsp3) is 0.429. The summed E-state index contributed by atoms with van der Waals surface area (Å²) < 4.78 is 0.654. The molecule has 1 saturated carbocycles. The summed E-state index contributed by atoms with van der Waals surface area (Å²) in [5.74, 6) is -1.17. The summed E-state index contributed by atoms with van der Waals surface area (Å²) in [6.07, 6.45) is 2.63. The number of amides is 1. The van der Waals surface area contributed by atoms with Crippen molar-refractivity contribution >= 4 is 39.4 Å². The van der Waals surface area contributed by atoms with Gasteiger partial charge in [-0.3, -0.25) is 9.59 Å². The largest absolute Gasteiger partial charge is 0.481 e. The van der Waals surface area contributed by atoms with Gasteiger partial charge in [-0.2, -0.15) is 0 Å². The molecule has 1 aliphatic rings. The van der Waals surface area contributed by atoms with E-state index in [0.29, 0.717) is 40.7 Å². The molecule has 0 heterocycles. The number of hydrogen-bond acceptors (Lipinski definition) is 2. The van der Waals surface area contributed by atoms with Crippen LogP contribution in [0.2, 0.25) is 5.02 Å². The first-order chi connectivity index (χ1) is 9.47. The Labute approximate surface area is 130 Å². The Morgan fingerprint density at radius 3 is 2.45 bits per heavy atom. The molecule has 1 amide bonds. The van der Waals surface area contributed by atoms with Gasteiger partial charge in [0.25, 0.3) is 5.91 Å². The highest BCUT2D eigenvalue weighted by atomic mass is 79.9. The van der Waals surface area contributed by atoms with Gasteiger partial charge in [0, 0.05) is 15.5 Å². The standard InChI is InChI=1S/C14H15BrClNO3/c15-12-7-9(16)3-6-11(12)13(18)17-10-4-1-8(2-5-10)14(19)20/h3,6-8,10H,1-2,4-5H2,(H,17,18)(H,19,20). The molecule has 0 saturated heterocycles. The number of hydrogen-bond donors (Lipinski definition) is 2. The first kappa shape index (κ1) is 15.3. The van der Waals surface area contributed by atoms with Gasteiger partial charge in [0.05, 0.1) is 11.5 Å². The molecule has 0 unspecified atom stereocenters. The molecule has 6 heteroatoms. The zero-order chi connectivity index (χ0) is 14.7. The quantitative estimate of drug-likeness (QED) is 0.867. The number of carbonyl (C=O) groups excluding carboxylic acids is 1. The first-order valence-electron chi connectivity index (χ1n) is 6.46. The van der Waals surface area contributed by atoms with Crippen molar-refractivity contribution in [2.75, 3.05) is 0 Å². The minimum atomic E-state index is -0.741. The summed E-state index contributed by atoms with van der Waals surface area (Å²) in [5, 5.41) is 12.5. The third-order valence-corrected chi connectivity index (χ3v) is 4.48. The summed E-state index contributed by atoms with van der Waals surface area (Å²) in [4.78, 5) is 23.0. The Morgan fingerprint density at radius 1 is 1.25 bits per heavy atom. The van der Waals surface area contributed by atoms with E-state index in [9.17, 15) is 9.59 Å². The van der Waals surface area contributed by atoms with E-state index < -0.39 is 5.97 Å². The second-order valence-corrected chi connectivity index (χ2v) is 6.28. The number of aliphatic carboxylic acids is 1. The minimum Gasteiger partial charge on any atom is -0.481 e. The third kappa shape index (κ3) is 3.73. The normalized spacial score (nSPS) is 22.3. The van der Waals surface area contributed by atoms with Crippen LogP contribution in [0, 0.1) is 5.92 Å². The summed E-state index contributed by atoms with van der Waals surface area (Å²) in [6.45, 7) is 0. The molecule has 108 valence electrons. The van der Waals surface area contributed by atoms with E-state index in [4.69, 9.17) is 16.7 Å². The molecule has 0 spiro atoms. The van der Waals surface area contributed by atoms with Crippen molar-refractivity contribution in [1.82, 2.24) is 5.32 Å². The number of carboxylic acid groups (broad SMARTS) is 1. The second kappa shape index (κ2) is 6.59. The zero-order valence-corrected chi connectivity index (χ0v) is 13.1. The van der Waals surface area contributed by atoms with Crippen molar-refractivity contribution in [2.45, 2.75) is 31.7 Å². The SMILES string of the molecule is O=C(NC1CCC(C(=O)O)CC1)c1ccc(Cl)cc1Br. The maximum absolute atomic E-state index is 12.2. The fourth-order valence-electron chi connectivity index (χ4n) is 2.42. The van der Waals surface area contributed by atoms with Gasteiger partial charge in [0.1, 0.15) is 0 Å². The molecular formula is C14H15BrClNO3. The van der Waals surface area contributed by atoms with Gasteiger partial charge in [0.2, 0.25) is 0 Å². The predicted octanol–water partition coefficient (Wildman–Crippen LogP) is 3.48. The van der Waals surface area contributed by atoms with E-state index in [1.54, 1.807) is 18.2 Å². The van der Waals surface area contributed by atoms with Gasteiger partial charge >= 0.3 is 5.97 Å². The van der Waals surface area contributed by atoms with Crippen LogP contribution in [-0.2, 0) is 4.79 Å². The maximum Gasteiger partial charge on any atom is 0.306 e. The predicted molar refractivity (Wildman–Crippen MR) is 80.0 cm³/mol. The molecule has 2 rings (SSSR count). The van der Waals surface area contributed by atoms with Crippen LogP contribution in [0.1, 0.15) is 36.0 Å². The van der Waals surface area contributed by atoms with Crippen molar-refractivity contribution in [3.63, 3.8) is 0 Å². The van der Waals surface area contributed by atoms with Crippen molar-refractivity contribution in [3.05, 3.63) is 33.3 Å². The van der Waals surface area contributed by atoms with Crippen LogP contribution in [0.25, 0.3) is 0 Å². The molecule has 1 aromatic carbocycles. The van der Waals surface area contributed by atoms with Gasteiger partial charge in [-0.25, -0.2) is 0 Å². The molecule has 4 nitrogen and oxygen atoms in total. The molecule has 1 aliphatic carbocycles. The number of rotatable bonds is 3. The third-order valence-electron chi connectivity index (χ3n) is 3.59. The van der Waals surface area contributed by atoms with E-state index in [1.807, 2.05) is 0 Å². The molecule has 0 atom stereocenters. The van der Waals surface area contributed by atoms with Gasteiger partial charge in [0.15, 0.2) is 0 Å². The summed E-state index contributed by atoms with van der Waals surface area (Å²) >= 11 is 9.16. The molecule has 1 aromatic rings. The van der Waals surface area contributed by atoms with Crippen LogP contribution in [0.15, 0.2) is 22.7 Å². The molecule has 20 heavy (non-hydrogen) atoms. The molecule has 2 N–H and O–H groups in total. The average molecular weight is 361 g/mol. The van der Waals surface area contributed by atoms with Crippen molar-refractivity contribution in [1.29, 1.82) is 0 Å². The van der Waals surface area contributed by atoms with Crippen molar-refractivity contribution in [3.8, 4) is 0 Å². The number of benzene rings is 1. The van der Waals surface area contributed by atoms with Gasteiger partial charge in [-0.15, -0.1) is 0 Å². The van der Waals surface area contributed by atoms with Crippen molar-refractivity contribution in [2.24, 2.45) is 5.92 Å². The van der Waals surface area contributed by atoms with Crippen LogP contribution in [0.5, 0.6) is 0 Å². The smallest absolute Gasteiger partial charge is 0.306 e. The monoisotopic (exact) mass is 359 g/mol.